The molecule has 0 saturated carbocycles. The van der Waals surface area contributed by atoms with Gasteiger partial charge in [-0.3, -0.25) is 9.62 Å². The SMILES string of the molecule is CCC(SNC(=O)N1Cc2ccccc2CC1C(=O)O)N1CCOCC1. The second-order valence-electron chi connectivity index (χ2n) is 6.49. The van der Waals surface area contributed by atoms with E-state index in [0.29, 0.717) is 26.2 Å². The van der Waals surface area contributed by atoms with Crippen LogP contribution in [0.1, 0.15) is 24.5 Å². The van der Waals surface area contributed by atoms with E-state index in [1.165, 1.54) is 16.8 Å². The summed E-state index contributed by atoms with van der Waals surface area (Å²) in [4.78, 5) is 28.1. The Morgan fingerprint density at radius 3 is 2.65 bits per heavy atom. The number of aliphatic carboxylic acids is 1. The zero-order chi connectivity index (χ0) is 18.5. The van der Waals surface area contributed by atoms with Gasteiger partial charge in [0.15, 0.2) is 0 Å². The lowest BCUT2D eigenvalue weighted by Crippen LogP contribution is -2.52. The standard InChI is InChI=1S/C18H25N3O4S/c1-2-16(20-7-9-25-10-8-20)26-19-18(24)21-12-14-6-4-3-5-13(14)11-15(21)17(22)23/h3-6,15-16H,2,7-12H2,1H3,(H,19,24)(H,22,23). The molecule has 0 radical (unpaired) electrons. The van der Waals surface area contributed by atoms with Crippen molar-refractivity contribution in [3.63, 3.8) is 0 Å². The Morgan fingerprint density at radius 2 is 2.00 bits per heavy atom. The number of ether oxygens (including phenoxy) is 1. The van der Waals surface area contributed by atoms with E-state index in [4.69, 9.17) is 4.74 Å². The molecule has 26 heavy (non-hydrogen) atoms. The highest BCUT2D eigenvalue weighted by molar-refractivity contribution is 7.98. The fourth-order valence-electron chi connectivity index (χ4n) is 3.42. The molecule has 2 aliphatic heterocycles. The molecule has 0 bridgehead atoms. The zero-order valence-corrected chi connectivity index (χ0v) is 15.7. The fraction of sp³-hybridized carbons (Fsp3) is 0.556. The highest BCUT2D eigenvalue weighted by Gasteiger charge is 2.35. The smallest absolute Gasteiger partial charge is 0.328 e. The average molecular weight is 379 g/mol. The van der Waals surface area contributed by atoms with Crippen molar-refractivity contribution in [1.82, 2.24) is 14.5 Å². The highest BCUT2D eigenvalue weighted by Crippen LogP contribution is 2.25. The first-order valence-electron chi connectivity index (χ1n) is 8.93. The van der Waals surface area contributed by atoms with Crippen molar-refractivity contribution in [2.75, 3.05) is 26.3 Å². The molecule has 142 valence electrons. The van der Waals surface area contributed by atoms with Gasteiger partial charge in [0, 0.05) is 26.1 Å². The molecule has 2 aliphatic rings. The van der Waals surface area contributed by atoms with Gasteiger partial charge in [-0.15, -0.1) is 0 Å². The maximum Gasteiger partial charge on any atom is 0.328 e. The summed E-state index contributed by atoms with van der Waals surface area (Å²) in [7, 11) is 0. The van der Waals surface area contributed by atoms with Crippen LogP contribution in [0.2, 0.25) is 0 Å². The van der Waals surface area contributed by atoms with Crippen LogP contribution in [0.3, 0.4) is 0 Å². The number of morpholine rings is 1. The molecule has 0 spiro atoms. The van der Waals surface area contributed by atoms with Gasteiger partial charge in [0.1, 0.15) is 6.04 Å². The Bertz CT molecular complexity index is 651. The molecule has 1 aromatic rings. The molecule has 2 atom stereocenters. The zero-order valence-electron chi connectivity index (χ0n) is 14.9. The summed E-state index contributed by atoms with van der Waals surface area (Å²) in [6, 6.07) is 6.51. The molecular formula is C18H25N3O4S. The van der Waals surface area contributed by atoms with Crippen LogP contribution in [0.4, 0.5) is 4.79 Å². The number of nitrogens with zero attached hydrogens (tertiary/aromatic N) is 2. The van der Waals surface area contributed by atoms with Crippen LogP contribution in [0, 0.1) is 0 Å². The molecule has 3 rings (SSSR count). The molecule has 2 amide bonds. The second-order valence-corrected chi connectivity index (χ2v) is 7.48. The van der Waals surface area contributed by atoms with E-state index in [9.17, 15) is 14.7 Å². The van der Waals surface area contributed by atoms with Gasteiger partial charge in [-0.1, -0.05) is 31.2 Å². The molecular weight excluding hydrogens is 354 g/mol. The molecule has 1 aromatic carbocycles. The predicted molar refractivity (Wildman–Crippen MR) is 99.7 cm³/mol. The summed E-state index contributed by atoms with van der Waals surface area (Å²) in [6.07, 6.45) is 1.22. The number of nitrogens with one attached hydrogen (secondary N) is 1. The first kappa shape index (κ1) is 19.0. The molecule has 8 heteroatoms. The van der Waals surface area contributed by atoms with Gasteiger partial charge in [0.05, 0.1) is 18.6 Å². The quantitative estimate of drug-likeness (QED) is 0.761. The maximum absolute atomic E-state index is 12.7. The molecule has 2 unspecified atom stereocenters. The van der Waals surface area contributed by atoms with Gasteiger partial charge in [0.2, 0.25) is 0 Å². The molecule has 0 aromatic heterocycles. The Balaban J connectivity index is 1.64. The summed E-state index contributed by atoms with van der Waals surface area (Å²) in [5, 5.41) is 9.72. The van der Waals surface area contributed by atoms with E-state index < -0.39 is 12.0 Å². The van der Waals surface area contributed by atoms with Crippen LogP contribution in [-0.2, 0) is 22.5 Å². The predicted octanol–water partition coefficient (Wildman–Crippen LogP) is 1.92. The van der Waals surface area contributed by atoms with Crippen molar-refractivity contribution in [3.05, 3.63) is 35.4 Å². The van der Waals surface area contributed by atoms with Crippen molar-refractivity contribution >= 4 is 23.9 Å². The minimum atomic E-state index is -0.972. The number of carboxylic acid groups (broad SMARTS) is 1. The first-order valence-corrected chi connectivity index (χ1v) is 9.81. The molecule has 0 aliphatic carbocycles. The monoisotopic (exact) mass is 379 g/mol. The van der Waals surface area contributed by atoms with Crippen molar-refractivity contribution < 1.29 is 19.4 Å². The summed E-state index contributed by atoms with van der Waals surface area (Å²) < 4.78 is 8.25. The number of urea groups is 1. The number of benzene rings is 1. The number of hydrogen-bond acceptors (Lipinski definition) is 5. The lowest BCUT2D eigenvalue weighted by atomic mass is 9.94. The van der Waals surface area contributed by atoms with Crippen molar-refractivity contribution in [2.24, 2.45) is 0 Å². The van der Waals surface area contributed by atoms with Crippen LogP contribution in [-0.4, -0.2) is 64.6 Å². The van der Waals surface area contributed by atoms with Crippen LogP contribution in [0.5, 0.6) is 0 Å². The number of hydrogen-bond donors (Lipinski definition) is 2. The van der Waals surface area contributed by atoms with E-state index in [1.54, 1.807) is 0 Å². The Labute approximate surface area is 157 Å². The Kier molecular flexibility index (Phi) is 6.39. The normalized spacial score (nSPS) is 21.7. The molecule has 2 heterocycles. The minimum absolute atomic E-state index is 0.156. The molecule has 7 nitrogen and oxygen atoms in total. The summed E-state index contributed by atoms with van der Waals surface area (Å²) in [5.41, 5.74) is 2.00. The number of amides is 2. The first-order chi connectivity index (χ1) is 12.6. The number of fused-ring (bicyclic) bond motifs is 1. The van der Waals surface area contributed by atoms with Gasteiger partial charge in [0.25, 0.3) is 0 Å². The third-order valence-electron chi connectivity index (χ3n) is 4.88. The number of carbonyl (C=O) groups is 2. The lowest BCUT2D eigenvalue weighted by Gasteiger charge is -2.36. The number of carboxylic acids is 1. The van der Waals surface area contributed by atoms with E-state index in [0.717, 1.165) is 30.6 Å². The van der Waals surface area contributed by atoms with Crippen LogP contribution >= 0.6 is 11.9 Å². The Hall–Kier alpha value is -1.77. The lowest BCUT2D eigenvalue weighted by molar-refractivity contribution is -0.142. The largest absolute Gasteiger partial charge is 0.480 e. The number of carbonyl (C=O) groups excluding carboxylic acids is 1. The second kappa shape index (κ2) is 8.75. The minimum Gasteiger partial charge on any atom is -0.480 e. The van der Waals surface area contributed by atoms with Gasteiger partial charge < -0.3 is 14.7 Å². The molecule has 1 saturated heterocycles. The number of rotatable bonds is 5. The van der Waals surface area contributed by atoms with Crippen molar-refractivity contribution in [3.8, 4) is 0 Å². The van der Waals surface area contributed by atoms with E-state index in [1.807, 2.05) is 24.3 Å². The van der Waals surface area contributed by atoms with Gasteiger partial charge in [-0.05, 0) is 29.5 Å². The highest BCUT2D eigenvalue weighted by atomic mass is 32.2. The van der Waals surface area contributed by atoms with E-state index in [2.05, 4.69) is 16.5 Å². The van der Waals surface area contributed by atoms with Crippen molar-refractivity contribution in [1.29, 1.82) is 0 Å². The third kappa shape index (κ3) is 4.31. The van der Waals surface area contributed by atoms with Gasteiger partial charge in [-0.25, -0.2) is 9.59 Å². The van der Waals surface area contributed by atoms with Gasteiger partial charge in [-0.2, -0.15) is 0 Å². The van der Waals surface area contributed by atoms with Crippen LogP contribution < -0.4 is 4.72 Å². The van der Waals surface area contributed by atoms with Crippen LogP contribution in [0.15, 0.2) is 24.3 Å². The van der Waals surface area contributed by atoms with Crippen molar-refractivity contribution in [2.45, 2.75) is 37.7 Å². The maximum atomic E-state index is 12.7. The van der Waals surface area contributed by atoms with Crippen LogP contribution in [0.25, 0.3) is 0 Å². The Morgan fingerprint density at radius 1 is 1.31 bits per heavy atom. The van der Waals surface area contributed by atoms with E-state index in [-0.39, 0.29) is 11.4 Å². The van der Waals surface area contributed by atoms with E-state index >= 15 is 0 Å². The molecule has 1 fully saturated rings. The fourth-order valence-corrected chi connectivity index (χ4v) is 4.30. The average Bonchev–Trinajstić information content (AvgIpc) is 2.68. The third-order valence-corrected chi connectivity index (χ3v) is 6.07. The summed E-state index contributed by atoms with van der Waals surface area (Å²) >= 11 is 1.36. The summed E-state index contributed by atoms with van der Waals surface area (Å²) in [5.74, 6) is -0.972. The molecule has 2 N–H and O–H groups in total. The topological polar surface area (TPSA) is 82.1 Å². The summed E-state index contributed by atoms with van der Waals surface area (Å²) in [6.45, 7) is 5.49. The van der Waals surface area contributed by atoms with Gasteiger partial charge >= 0.3 is 12.0 Å².